The fourth-order valence-electron chi connectivity index (χ4n) is 1.60. The van der Waals surface area contributed by atoms with Gasteiger partial charge in [-0.1, -0.05) is 0 Å². The van der Waals surface area contributed by atoms with Crippen LogP contribution in [-0.4, -0.2) is 75.4 Å². The van der Waals surface area contributed by atoms with Gasteiger partial charge in [0, 0.05) is 39.9 Å². The van der Waals surface area contributed by atoms with Crippen LogP contribution in [0.15, 0.2) is 0 Å². The maximum absolute atomic E-state index is 12.0. The molecule has 20 heavy (non-hydrogen) atoms. The first-order chi connectivity index (χ1) is 9.65. The monoisotopic (exact) mass is 285 g/mol. The second-order valence-electron chi connectivity index (χ2n) is 4.39. The summed E-state index contributed by atoms with van der Waals surface area (Å²) < 4.78 is 10.7. The molecule has 0 aliphatic carbocycles. The molecule has 0 aromatic rings. The van der Waals surface area contributed by atoms with Crippen LogP contribution in [0.5, 0.6) is 0 Å². The van der Waals surface area contributed by atoms with Crippen molar-refractivity contribution in [3.63, 3.8) is 0 Å². The van der Waals surface area contributed by atoms with Gasteiger partial charge in [0.15, 0.2) is 0 Å². The van der Waals surface area contributed by atoms with Crippen molar-refractivity contribution in [3.8, 4) is 6.07 Å². The van der Waals surface area contributed by atoms with E-state index in [0.717, 1.165) is 0 Å². The van der Waals surface area contributed by atoms with Crippen LogP contribution < -0.4 is 0 Å². The fourth-order valence-corrected chi connectivity index (χ4v) is 1.60. The molecule has 0 heterocycles. The minimum Gasteiger partial charge on any atom is -0.380 e. The maximum Gasteiger partial charge on any atom is 0.236 e. The van der Waals surface area contributed by atoms with Crippen LogP contribution in [0.25, 0.3) is 0 Å². The van der Waals surface area contributed by atoms with Crippen LogP contribution in [0.1, 0.15) is 20.3 Å². The van der Waals surface area contributed by atoms with E-state index in [0.29, 0.717) is 59.0 Å². The summed E-state index contributed by atoms with van der Waals surface area (Å²) in [4.78, 5) is 15.6. The third-order valence-corrected chi connectivity index (χ3v) is 2.86. The molecular formula is C14H27N3O3. The first-order valence-corrected chi connectivity index (χ1v) is 7.14. The number of ether oxygens (including phenoxy) is 2. The molecule has 0 saturated heterocycles. The highest BCUT2D eigenvalue weighted by Crippen LogP contribution is 1.95. The minimum atomic E-state index is 0.0215. The average Bonchev–Trinajstić information content (AvgIpc) is 2.44. The second-order valence-corrected chi connectivity index (χ2v) is 4.39. The van der Waals surface area contributed by atoms with E-state index in [2.05, 4.69) is 0 Å². The molecule has 6 heteroatoms. The van der Waals surface area contributed by atoms with Crippen LogP contribution in [0.3, 0.4) is 0 Å². The molecular weight excluding hydrogens is 258 g/mol. The summed E-state index contributed by atoms with van der Waals surface area (Å²) in [5, 5.41) is 8.53. The molecule has 0 aliphatic heterocycles. The van der Waals surface area contributed by atoms with Crippen molar-refractivity contribution < 1.29 is 14.3 Å². The predicted octanol–water partition coefficient (Wildman–Crippen LogP) is 0.733. The Balaban J connectivity index is 4.16. The van der Waals surface area contributed by atoms with Crippen LogP contribution in [-0.2, 0) is 14.3 Å². The van der Waals surface area contributed by atoms with Crippen molar-refractivity contribution in [3.05, 3.63) is 0 Å². The lowest BCUT2D eigenvalue weighted by molar-refractivity contribution is -0.131. The molecule has 0 aliphatic rings. The third-order valence-electron chi connectivity index (χ3n) is 2.86. The van der Waals surface area contributed by atoms with Gasteiger partial charge >= 0.3 is 0 Å². The highest BCUT2D eigenvalue weighted by molar-refractivity contribution is 5.77. The molecule has 116 valence electrons. The Morgan fingerprint density at radius 2 is 1.65 bits per heavy atom. The van der Waals surface area contributed by atoms with E-state index in [1.807, 2.05) is 24.8 Å². The van der Waals surface area contributed by atoms with Gasteiger partial charge in [0.1, 0.15) is 0 Å². The molecule has 0 N–H and O–H groups in total. The van der Waals surface area contributed by atoms with Gasteiger partial charge in [0.25, 0.3) is 0 Å². The Morgan fingerprint density at radius 3 is 2.10 bits per heavy atom. The molecule has 0 radical (unpaired) electrons. The lowest BCUT2D eigenvalue weighted by atomic mass is 10.3. The summed E-state index contributed by atoms with van der Waals surface area (Å²) in [7, 11) is 1.73. The normalized spacial score (nSPS) is 10.6. The Kier molecular flexibility index (Phi) is 12.1. The number of nitrogens with zero attached hydrogens (tertiary/aromatic N) is 3. The molecule has 0 rings (SSSR count). The number of likely N-dealkylation sites (N-methyl/N-ethyl adjacent to an activating group) is 1. The van der Waals surface area contributed by atoms with Gasteiger partial charge in [-0.25, -0.2) is 0 Å². The zero-order valence-corrected chi connectivity index (χ0v) is 12.9. The Morgan fingerprint density at radius 1 is 1.10 bits per heavy atom. The zero-order chi connectivity index (χ0) is 15.2. The standard InChI is InChI=1S/C14H27N3O3/c1-4-19-11-9-17(10-12-20-5-2)13-14(18)16(3)8-6-7-15/h4-6,8-13H2,1-3H3. The molecule has 6 nitrogen and oxygen atoms in total. The largest absolute Gasteiger partial charge is 0.380 e. The maximum atomic E-state index is 12.0. The SMILES string of the molecule is CCOCCN(CCOCC)CC(=O)N(C)CCC#N. The van der Waals surface area contributed by atoms with Crippen molar-refractivity contribution in [2.24, 2.45) is 0 Å². The van der Waals surface area contributed by atoms with E-state index in [9.17, 15) is 4.79 Å². The molecule has 0 aromatic heterocycles. The number of nitriles is 1. The molecule has 0 fully saturated rings. The fraction of sp³-hybridized carbons (Fsp3) is 0.857. The van der Waals surface area contributed by atoms with E-state index in [1.54, 1.807) is 11.9 Å². The summed E-state index contributed by atoms with van der Waals surface area (Å²) in [5.41, 5.74) is 0. The first kappa shape index (κ1) is 18.8. The first-order valence-electron chi connectivity index (χ1n) is 7.14. The lowest BCUT2D eigenvalue weighted by Gasteiger charge is -2.24. The van der Waals surface area contributed by atoms with Crippen molar-refractivity contribution >= 4 is 5.91 Å². The van der Waals surface area contributed by atoms with Crippen LogP contribution in [0.4, 0.5) is 0 Å². The summed E-state index contributed by atoms with van der Waals surface area (Å²) in [6, 6.07) is 2.04. The summed E-state index contributed by atoms with van der Waals surface area (Å²) in [5.74, 6) is 0.0215. The van der Waals surface area contributed by atoms with E-state index in [4.69, 9.17) is 14.7 Å². The summed E-state index contributed by atoms with van der Waals surface area (Å²) in [6.45, 7) is 8.69. The predicted molar refractivity (Wildman–Crippen MR) is 77.3 cm³/mol. The van der Waals surface area contributed by atoms with Crippen molar-refractivity contribution in [2.45, 2.75) is 20.3 Å². The van der Waals surface area contributed by atoms with Crippen LogP contribution >= 0.6 is 0 Å². The van der Waals surface area contributed by atoms with Gasteiger partial charge in [-0.3, -0.25) is 9.69 Å². The average molecular weight is 285 g/mol. The Bertz CT molecular complexity index is 282. The van der Waals surface area contributed by atoms with Crippen LogP contribution in [0.2, 0.25) is 0 Å². The van der Waals surface area contributed by atoms with Crippen molar-refractivity contribution in [1.29, 1.82) is 5.26 Å². The van der Waals surface area contributed by atoms with Crippen LogP contribution in [0, 0.1) is 11.3 Å². The number of carbonyl (C=O) groups excluding carboxylic acids is 1. The summed E-state index contributed by atoms with van der Waals surface area (Å²) in [6.07, 6.45) is 0.361. The molecule has 1 amide bonds. The number of carbonyl (C=O) groups is 1. The molecule has 0 spiro atoms. The number of hydrogen-bond acceptors (Lipinski definition) is 5. The van der Waals surface area contributed by atoms with Crippen molar-refractivity contribution in [2.75, 3.05) is 59.7 Å². The van der Waals surface area contributed by atoms with E-state index in [-0.39, 0.29) is 5.91 Å². The molecule has 0 atom stereocenters. The van der Waals surface area contributed by atoms with E-state index < -0.39 is 0 Å². The van der Waals surface area contributed by atoms with Gasteiger partial charge in [-0.15, -0.1) is 0 Å². The molecule has 0 aromatic carbocycles. The van der Waals surface area contributed by atoms with Crippen molar-refractivity contribution in [1.82, 2.24) is 9.80 Å². The highest BCUT2D eigenvalue weighted by Gasteiger charge is 2.14. The molecule has 0 unspecified atom stereocenters. The third kappa shape index (κ3) is 9.73. The van der Waals surface area contributed by atoms with E-state index >= 15 is 0 Å². The number of hydrogen-bond donors (Lipinski definition) is 0. The number of amides is 1. The topological polar surface area (TPSA) is 65.8 Å². The smallest absolute Gasteiger partial charge is 0.236 e. The van der Waals surface area contributed by atoms with Gasteiger partial charge < -0.3 is 14.4 Å². The minimum absolute atomic E-state index is 0.0215. The second kappa shape index (κ2) is 12.9. The molecule has 0 saturated carbocycles. The van der Waals surface area contributed by atoms with Gasteiger partial charge in [0.05, 0.1) is 32.2 Å². The quantitative estimate of drug-likeness (QED) is 0.495. The highest BCUT2D eigenvalue weighted by atomic mass is 16.5. The van der Waals surface area contributed by atoms with Gasteiger partial charge in [0.2, 0.25) is 5.91 Å². The van der Waals surface area contributed by atoms with Gasteiger partial charge in [-0.05, 0) is 13.8 Å². The zero-order valence-electron chi connectivity index (χ0n) is 12.9. The molecule has 0 bridgehead atoms. The van der Waals surface area contributed by atoms with E-state index in [1.165, 1.54) is 0 Å². The Labute approximate surface area is 122 Å². The summed E-state index contributed by atoms with van der Waals surface area (Å²) >= 11 is 0. The number of rotatable bonds is 12. The lowest BCUT2D eigenvalue weighted by Crippen LogP contribution is -2.41. The van der Waals surface area contributed by atoms with Gasteiger partial charge in [-0.2, -0.15) is 5.26 Å². The Hall–Kier alpha value is -1.16.